The SMILES string of the molecule is COc1c([C@](C)(I)n2nc(C)c3c(N)ncnc32)cc(Cl)c(C#N)c1C1CN(C[C@@H](C)O)C1. The van der Waals surface area contributed by atoms with Gasteiger partial charge in [-0.15, -0.1) is 0 Å². The van der Waals surface area contributed by atoms with Crippen LogP contribution in [0.2, 0.25) is 5.02 Å². The summed E-state index contributed by atoms with van der Waals surface area (Å²) >= 11 is 8.94. The molecular formula is C22H25ClIN7O2. The lowest BCUT2D eigenvalue weighted by Crippen LogP contribution is -2.48. The molecule has 1 fully saturated rings. The van der Waals surface area contributed by atoms with E-state index in [4.69, 9.17) is 27.2 Å². The van der Waals surface area contributed by atoms with Crippen molar-refractivity contribution >= 4 is 51.0 Å². The number of methoxy groups -OCH3 is 1. The van der Waals surface area contributed by atoms with Gasteiger partial charge in [-0.2, -0.15) is 10.4 Å². The molecule has 2 atom stereocenters. The van der Waals surface area contributed by atoms with Crippen molar-refractivity contribution in [3.8, 4) is 11.8 Å². The average Bonchev–Trinajstić information content (AvgIpc) is 3.08. The number of hydrogen-bond acceptors (Lipinski definition) is 8. The summed E-state index contributed by atoms with van der Waals surface area (Å²) in [6.07, 6.45) is 1.00. The van der Waals surface area contributed by atoms with Crippen molar-refractivity contribution in [2.45, 2.75) is 36.3 Å². The van der Waals surface area contributed by atoms with Crippen molar-refractivity contribution in [3.05, 3.63) is 39.8 Å². The first-order valence-electron chi connectivity index (χ1n) is 10.5. The van der Waals surface area contributed by atoms with Gasteiger partial charge in [0.05, 0.1) is 34.9 Å². The Hall–Kier alpha value is -2.20. The van der Waals surface area contributed by atoms with Gasteiger partial charge in [-0.3, -0.25) is 4.90 Å². The van der Waals surface area contributed by atoms with E-state index in [-0.39, 0.29) is 5.92 Å². The van der Waals surface area contributed by atoms with Crippen LogP contribution < -0.4 is 10.5 Å². The molecule has 1 aliphatic rings. The number of aliphatic hydroxyl groups is 1. The van der Waals surface area contributed by atoms with E-state index < -0.39 is 9.65 Å². The highest BCUT2D eigenvalue weighted by molar-refractivity contribution is 14.1. The van der Waals surface area contributed by atoms with Crippen LogP contribution in [0.25, 0.3) is 11.0 Å². The zero-order chi connectivity index (χ0) is 24.1. The maximum absolute atomic E-state index is 9.89. The second-order valence-electron chi connectivity index (χ2n) is 8.51. The first kappa shape index (κ1) is 23.9. The maximum atomic E-state index is 9.89. The predicted molar refractivity (Wildman–Crippen MR) is 135 cm³/mol. The Morgan fingerprint density at radius 3 is 2.76 bits per heavy atom. The molecule has 3 N–H and O–H groups in total. The minimum Gasteiger partial charge on any atom is -0.496 e. The molecule has 11 heteroatoms. The third kappa shape index (κ3) is 4.01. The van der Waals surface area contributed by atoms with E-state index in [1.807, 2.05) is 13.8 Å². The minimum absolute atomic E-state index is 0.0621. The number of β-amino-alcohol motifs (C(OH)–C–C–N with tert-alkyl or cyclic N) is 1. The number of fused-ring (bicyclic) bond motifs is 1. The lowest BCUT2D eigenvalue weighted by atomic mass is 9.85. The highest BCUT2D eigenvalue weighted by Gasteiger charge is 2.39. The summed E-state index contributed by atoms with van der Waals surface area (Å²) in [5.74, 6) is 1.04. The number of alkyl halides is 1. The fraction of sp³-hybridized carbons (Fsp3) is 0.455. The van der Waals surface area contributed by atoms with Crippen LogP contribution in [0.1, 0.15) is 42.1 Å². The van der Waals surface area contributed by atoms with Crippen LogP contribution in [-0.2, 0) is 3.55 Å². The standard InChI is InChI=1S/C22H25ClIN7O2/c1-11(32)7-30-8-13(9-30)18-14(6-25)16(23)5-15(19(18)33-4)22(3,24)31-21-17(12(2)29-31)20(26)27-10-28-21/h5,10-11,13,32H,7-9H2,1-4H3,(H2,26,27,28)/t11-,22-/m1/s1. The molecule has 4 rings (SSSR count). The number of nitrogen functional groups attached to an aromatic ring is 1. The summed E-state index contributed by atoms with van der Waals surface area (Å²) in [7, 11) is 1.60. The van der Waals surface area contributed by atoms with Crippen LogP contribution >= 0.6 is 34.2 Å². The number of likely N-dealkylation sites (tertiary alicyclic amines) is 1. The molecule has 0 saturated carbocycles. The lowest BCUT2D eigenvalue weighted by molar-refractivity contribution is 0.0733. The summed E-state index contributed by atoms with van der Waals surface area (Å²) < 4.78 is 6.95. The molecule has 3 heterocycles. The number of benzene rings is 1. The monoisotopic (exact) mass is 581 g/mol. The van der Waals surface area contributed by atoms with Crippen LogP contribution in [0.3, 0.4) is 0 Å². The Kier molecular flexibility index (Phi) is 6.43. The smallest absolute Gasteiger partial charge is 0.165 e. The summed E-state index contributed by atoms with van der Waals surface area (Å²) in [5.41, 5.74) is 9.40. The molecule has 9 nitrogen and oxygen atoms in total. The van der Waals surface area contributed by atoms with Crippen molar-refractivity contribution in [1.82, 2.24) is 24.6 Å². The van der Waals surface area contributed by atoms with Crippen LogP contribution in [0.15, 0.2) is 12.4 Å². The zero-order valence-electron chi connectivity index (χ0n) is 18.8. The molecule has 3 aromatic rings. The van der Waals surface area contributed by atoms with E-state index in [1.54, 1.807) is 24.8 Å². The van der Waals surface area contributed by atoms with Gasteiger partial charge >= 0.3 is 0 Å². The largest absolute Gasteiger partial charge is 0.496 e. The third-order valence-corrected chi connectivity index (χ3v) is 7.37. The van der Waals surface area contributed by atoms with Crippen molar-refractivity contribution in [1.29, 1.82) is 5.26 Å². The fourth-order valence-corrected chi connectivity index (χ4v) is 5.53. The molecule has 174 valence electrons. The van der Waals surface area contributed by atoms with Gasteiger partial charge in [-0.1, -0.05) is 11.6 Å². The summed E-state index contributed by atoms with van der Waals surface area (Å²) in [6, 6.07) is 4.03. The molecule has 1 aromatic carbocycles. The number of aryl methyl sites for hydroxylation is 1. The summed E-state index contributed by atoms with van der Waals surface area (Å²) in [6.45, 7) is 7.62. The first-order chi connectivity index (χ1) is 15.6. The van der Waals surface area contributed by atoms with Gasteiger partial charge in [-0.05, 0) is 49.4 Å². The van der Waals surface area contributed by atoms with Gasteiger partial charge in [0, 0.05) is 36.7 Å². The van der Waals surface area contributed by atoms with E-state index >= 15 is 0 Å². The molecule has 0 bridgehead atoms. The van der Waals surface area contributed by atoms with E-state index in [1.165, 1.54) is 6.33 Å². The van der Waals surface area contributed by atoms with Gasteiger partial charge in [0.15, 0.2) is 5.65 Å². The zero-order valence-corrected chi connectivity index (χ0v) is 21.7. The molecule has 0 unspecified atom stereocenters. The summed E-state index contributed by atoms with van der Waals surface area (Å²) in [4.78, 5) is 10.7. The number of nitrogens with two attached hydrogens (primary N) is 1. The van der Waals surface area contributed by atoms with Gasteiger partial charge in [0.1, 0.15) is 27.5 Å². The molecule has 33 heavy (non-hydrogen) atoms. The van der Waals surface area contributed by atoms with Gasteiger partial charge in [-0.25, -0.2) is 14.6 Å². The molecule has 0 aliphatic carbocycles. The Bertz CT molecular complexity index is 1260. The minimum atomic E-state index is -0.758. The van der Waals surface area contributed by atoms with E-state index in [2.05, 4.69) is 43.5 Å². The van der Waals surface area contributed by atoms with E-state index in [0.717, 1.165) is 16.8 Å². The Balaban J connectivity index is 1.88. The number of nitrogens with zero attached hydrogens (tertiary/aromatic N) is 6. The molecule has 1 saturated heterocycles. The van der Waals surface area contributed by atoms with Crippen LogP contribution in [0.5, 0.6) is 5.75 Å². The van der Waals surface area contributed by atoms with Crippen LogP contribution in [0.4, 0.5) is 5.82 Å². The Labute approximate surface area is 210 Å². The van der Waals surface area contributed by atoms with Gasteiger partial charge in [0.25, 0.3) is 0 Å². The summed E-state index contributed by atoms with van der Waals surface area (Å²) in [5, 5.41) is 25.4. The van der Waals surface area contributed by atoms with Crippen molar-refractivity contribution < 1.29 is 9.84 Å². The van der Waals surface area contributed by atoms with Crippen molar-refractivity contribution in [2.24, 2.45) is 0 Å². The quantitative estimate of drug-likeness (QED) is 0.336. The molecule has 0 spiro atoms. The second kappa shape index (κ2) is 8.87. The predicted octanol–water partition coefficient (Wildman–Crippen LogP) is 3.19. The third-order valence-electron chi connectivity index (χ3n) is 6.03. The Morgan fingerprint density at radius 1 is 1.45 bits per heavy atom. The molecule has 1 aliphatic heterocycles. The number of halogens is 2. The average molecular weight is 582 g/mol. The molecule has 0 radical (unpaired) electrons. The lowest BCUT2D eigenvalue weighted by Gasteiger charge is -2.41. The van der Waals surface area contributed by atoms with Gasteiger partial charge in [0.2, 0.25) is 0 Å². The van der Waals surface area contributed by atoms with E-state index in [0.29, 0.717) is 52.8 Å². The number of ether oxygens (including phenoxy) is 1. The maximum Gasteiger partial charge on any atom is 0.165 e. The highest BCUT2D eigenvalue weighted by atomic mass is 127. The van der Waals surface area contributed by atoms with Gasteiger partial charge < -0.3 is 15.6 Å². The number of rotatable bonds is 6. The molecule has 0 amide bonds. The molecular weight excluding hydrogens is 557 g/mol. The Morgan fingerprint density at radius 2 is 2.15 bits per heavy atom. The first-order valence-corrected chi connectivity index (χ1v) is 11.9. The van der Waals surface area contributed by atoms with Crippen molar-refractivity contribution in [3.63, 3.8) is 0 Å². The molecule has 2 aromatic heterocycles. The number of hydrogen-bond donors (Lipinski definition) is 2. The van der Waals surface area contributed by atoms with Crippen LogP contribution in [0, 0.1) is 18.3 Å². The highest BCUT2D eigenvalue weighted by Crippen LogP contribution is 2.48. The number of aromatic nitrogens is 4. The number of anilines is 1. The second-order valence-corrected chi connectivity index (χ2v) is 11.0. The van der Waals surface area contributed by atoms with Crippen LogP contribution in [-0.4, -0.2) is 62.6 Å². The fourth-order valence-electron chi connectivity index (χ4n) is 4.54. The number of nitriles is 1. The van der Waals surface area contributed by atoms with E-state index in [9.17, 15) is 10.4 Å². The normalized spacial score (nSPS) is 17.4. The van der Waals surface area contributed by atoms with Crippen molar-refractivity contribution in [2.75, 3.05) is 32.5 Å². The number of aliphatic hydroxyl groups excluding tert-OH is 1. The topological polar surface area (TPSA) is 126 Å².